The summed E-state index contributed by atoms with van der Waals surface area (Å²) in [6.45, 7) is 0. The number of nitrogens with one attached hydrogen (secondary N) is 2. The first kappa shape index (κ1) is 19.6. The van der Waals surface area contributed by atoms with E-state index in [4.69, 9.17) is 5.14 Å². The first-order valence-electron chi connectivity index (χ1n) is 8.67. The van der Waals surface area contributed by atoms with E-state index in [0.717, 1.165) is 0 Å². The van der Waals surface area contributed by atoms with Gasteiger partial charge in [0.15, 0.2) is 0 Å². The molecule has 4 N–H and O–H groups in total. The number of halogens is 1. The zero-order valence-electron chi connectivity index (χ0n) is 15.3. The number of amides is 1. The summed E-state index contributed by atoms with van der Waals surface area (Å²) in [4.78, 5) is 27.8. The summed E-state index contributed by atoms with van der Waals surface area (Å²) in [6, 6.07) is 15.4. The molecule has 0 saturated carbocycles. The molecule has 2 aromatic heterocycles. The summed E-state index contributed by atoms with van der Waals surface area (Å²) in [5, 5.41) is 8.28. The van der Waals surface area contributed by atoms with Crippen molar-refractivity contribution in [3.05, 3.63) is 88.6 Å². The molecule has 0 aliphatic heterocycles. The van der Waals surface area contributed by atoms with Crippen molar-refractivity contribution in [2.24, 2.45) is 5.14 Å². The number of anilines is 1. The van der Waals surface area contributed by atoms with Crippen LogP contribution in [0.1, 0.15) is 10.5 Å². The number of benzene rings is 2. The molecule has 8 nitrogen and oxygen atoms in total. The van der Waals surface area contributed by atoms with E-state index < -0.39 is 21.7 Å². The molecule has 4 rings (SSSR count). The number of hydrogen-bond donors (Lipinski definition) is 3. The van der Waals surface area contributed by atoms with Crippen molar-refractivity contribution < 1.29 is 17.6 Å². The fraction of sp³-hybridized carbons (Fsp3) is 0. The van der Waals surface area contributed by atoms with Crippen molar-refractivity contribution in [3.8, 4) is 5.69 Å². The summed E-state index contributed by atoms with van der Waals surface area (Å²) < 4.78 is 37.5. The second-order valence-electron chi connectivity index (χ2n) is 6.50. The van der Waals surface area contributed by atoms with E-state index in [9.17, 15) is 22.4 Å². The number of nitrogens with two attached hydrogens (primary N) is 1. The van der Waals surface area contributed by atoms with Crippen molar-refractivity contribution >= 4 is 32.7 Å². The van der Waals surface area contributed by atoms with E-state index in [1.54, 1.807) is 12.1 Å². The molecule has 0 bridgehead atoms. The highest BCUT2D eigenvalue weighted by molar-refractivity contribution is 7.89. The van der Waals surface area contributed by atoms with Crippen molar-refractivity contribution in [1.29, 1.82) is 0 Å². The quantitative estimate of drug-likeness (QED) is 0.463. The SMILES string of the molecule is NS(=O)(=O)c1cccc(NC(=O)c2cc3ccc(=O)n(-c4ccc(F)cc4)c3[nH]2)c1. The maximum absolute atomic E-state index is 13.2. The summed E-state index contributed by atoms with van der Waals surface area (Å²) in [7, 11) is -3.91. The van der Waals surface area contributed by atoms with Gasteiger partial charge in [0.1, 0.15) is 17.2 Å². The van der Waals surface area contributed by atoms with Crippen LogP contribution in [0.15, 0.2) is 76.4 Å². The van der Waals surface area contributed by atoms with Crippen LogP contribution in [0.4, 0.5) is 10.1 Å². The van der Waals surface area contributed by atoms with Gasteiger partial charge in [0.05, 0.1) is 10.6 Å². The third-order valence-electron chi connectivity index (χ3n) is 4.43. The number of rotatable bonds is 4. The highest BCUT2D eigenvalue weighted by Gasteiger charge is 2.15. The second-order valence-corrected chi connectivity index (χ2v) is 8.06. The van der Waals surface area contributed by atoms with Gasteiger partial charge in [-0.2, -0.15) is 0 Å². The fourth-order valence-corrected chi connectivity index (χ4v) is 3.60. The number of sulfonamides is 1. The van der Waals surface area contributed by atoms with Crippen LogP contribution in [0.3, 0.4) is 0 Å². The lowest BCUT2D eigenvalue weighted by atomic mass is 10.2. The minimum atomic E-state index is -3.91. The van der Waals surface area contributed by atoms with Crippen LogP contribution in [0.2, 0.25) is 0 Å². The maximum Gasteiger partial charge on any atom is 0.272 e. The molecular weight excluding hydrogens is 411 g/mol. The number of hydrogen-bond acceptors (Lipinski definition) is 4. The van der Waals surface area contributed by atoms with E-state index in [2.05, 4.69) is 10.3 Å². The Hall–Kier alpha value is -3.76. The van der Waals surface area contributed by atoms with E-state index in [0.29, 0.717) is 16.7 Å². The Bertz CT molecular complexity index is 1440. The van der Waals surface area contributed by atoms with Gasteiger partial charge in [-0.1, -0.05) is 6.07 Å². The average Bonchev–Trinajstić information content (AvgIpc) is 3.13. The number of nitrogens with zero attached hydrogens (tertiary/aromatic N) is 1. The number of carbonyl (C=O) groups excluding carboxylic acids is 1. The van der Waals surface area contributed by atoms with Crippen molar-refractivity contribution in [3.63, 3.8) is 0 Å². The molecular formula is C20H15FN4O4S. The topological polar surface area (TPSA) is 127 Å². The van der Waals surface area contributed by atoms with Gasteiger partial charge >= 0.3 is 0 Å². The van der Waals surface area contributed by atoms with Crippen LogP contribution in [-0.4, -0.2) is 23.9 Å². The van der Waals surface area contributed by atoms with Gasteiger partial charge in [0, 0.05) is 17.1 Å². The largest absolute Gasteiger partial charge is 0.336 e. The Labute approximate surface area is 169 Å². The van der Waals surface area contributed by atoms with Gasteiger partial charge < -0.3 is 10.3 Å². The molecule has 0 unspecified atom stereocenters. The lowest BCUT2D eigenvalue weighted by Crippen LogP contribution is -2.18. The van der Waals surface area contributed by atoms with E-state index in [-0.39, 0.29) is 21.8 Å². The van der Waals surface area contributed by atoms with Crippen molar-refractivity contribution in [2.45, 2.75) is 4.90 Å². The zero-order valence-corrected chi connectivity index (χ0v) is 16.1. The molecule has 0 aliphatic carbocycles. The smallest absolute Gasteiger partial charge is 0.272 e. The summed E-state index contributed by atoms with van der Waals surface area (Å²) in [6.07, 6.45) is 0. The van der Waals surface area contributed by atoms with Crippen LogP contribution in [0.5, 0.6) is 0 Å². The maximum atomic E-state index is 13.2. The van der Waals surface area contributed by atoms with Crippen LogP contribution in [0, 0.1) is 5.82 Å². The highest BCUT2D eigenvalue weighted by Crippen LogP contribution is 2.20. The highest BCUT2D eigenvalue weighted by atomic mass is 32.2. The van der Waals surface area contributed by atoms with Crippen LogP contribution < -0.4 is 16.0 Å². The summed E-state index contributed by atoms with van der Waals surface area (Å²) in [5.41, 5.74) is 0.816. The minimum absolute atomic E-state index is 0.137. The standard InChI is InChI=1S/C20H15FN4O4S/c21-13-5-7-15(8-6-13)25-18(26)9-4-12-10-17(24-19(12)25)20(27)23-14-2-1-3-16(11-14)30(22,28)29/h1-11,24H,(H,23,27)(H2,22,28,29). The average molecular weight is 426 g/mol. The molecule has 0 atom stereocenters. The van der Waals surface area contributed by atoms with E-state index in [1.165, 1.54) is 59.2 Å². The van der Waals surface area contributed by atoms with Gasteiger partial charge in [-0.05, 0) is 54.6 Å². The van der Waals surface area contributed by atoms with Crippen LogP contribution in [-0.2, 0) is 10.0 Å². The number of fused-ring (bicyclic) bond motifs is 1. The molecule has 0 spiro atoms. The Morgan fingerprint density at radius 1 is 1.03 bits per heavy atom. The molecule has 30 heavy (non-hydrogen) atoms. The molecule has 2 aromatic carbocycles. The van der Waals surface area contributed by atoms with Crippen molar-refractivity contribution in [1.82, 2.24) is 9.55 Å². The third-order valence-corrected chi connectivity index (χ3v) is 5.34. The second kappa shape index (κ2) is 7.25. The predicted octanol–water partition coefficient (Wildman–Crippen LogP) is 2.36. The zero-order chi connectivity index (χ0) is 21.5. The van der Waals surface area contributed by atoms with Gasteiger partial charge in [-0.3, -0.25) is 14.2 Å². The number of primary sulfonamides is 1. The Balaban J connectivity index is 1.72. The molecule has 0 fully saturated rings. The molecule has 0 radical (unpaired) electrons. The summed E-state index contributed by atoms with van der Waals surface area (Å²) >= 11 is 0. The minimum Gasteiger partial charge on any atom is -0.336 e. The Morgan fingerprint density at radius 2 is 1.77 bits per heavy atom. The van der Waals surface area contributed by atoms with Gasteiger partial charge in [-0.25, -0.2) is 17.9 Å². The molecule has 152 valence electrons. The molecule has 2 heterocycles. The van der Waals surface area contributed by atoms with Crippen LogP contribution >= 0.6 is 0 Å². The molecule has 10 heteroatoms. The first-order chi connectivity index (χ1) is 14.2. The lowest BCUT2D eigenvalue weighted by molar-refractivity contribution is 0.102. The van der Waals surface area contributed by atoms with E-state index in [1.807, 2.05) is 0 Å². The summed E-state index contributed by atoms with van der Waals surface area (Å²) in [5.74, 6) is -0.983. The predicted molar refractivity (Wildman–Crippen MR) is 110 cm³/mol. The third kappa shape index (κ3) is 3.73. The Morgan fingerprint density at radius 3 is 2.47 bits per heavy atom. The number of aromatic amines is 1. The number of pyridine rings is 1. The van der Waals surface area contributed by atoms with E-state index >= 15 is 0 Å². The van der Waals surface area contributed by atoms with Gasteiger partial charge in [0.25, 0.3) is 11.5 Å². The Kier molecular flexibility index (Phi) is 4.72. The number of carbonyl (C=O) groups is 1. The molecule has 4 aromatic rings. The number of H-pyrrole nitrogens is 1. The fourth-order valence-electron chi connectivity index (χ4n) is 3.04. The molecule has 0 aliphatic rings. The first-order valence-corrected chi connectivity index (χ1v) is 10.2. The normalized spacial score (nSPS) is 11.5. The van der Waals surface area contributed by atoms with Gasteiger partial charge in [0.2, 0.25) is 10.0 Å². The van der Waals surface area contributed by atoms with Crippen LogP contribution in [0.25, 0.3) is 16.7 Å². The van der Waals surface area contributed by atoms with Crippen molar-refractivity contribution in [2.75, 3.05) is 5.32 Å². The molecule has 1 amide bonds. The van der Waals surface area contributed by atoms with Gasteiger partial charge in [-0.15, -0.1) is 0 Å². The lowest BCUT2D eigenvalue weighted by Gasteiger charge is -2.07. The monoisotopic (exact) mass is 426 g/mol. The number of aromatic nitrogens is 2. The molecule has 0 saturated heterocycles.